The van der Waals surface area contributed by atoms with Crippen LogP contribution < -0.4 is 10.9 Å². The first-order valence-electron chi connectivity index (χ1n) is 5.78. The molecule has 0 aliphatic rings. The number of H-pyrrole nitrogens is 1. The molecule has 0 aromatic carbocycles. The highest BCUT2D eigenvalue weighted by molar-refractivity contribution is 7.14. The maximum absolute atomic E-state index is 11.9. The number of fused-ring (bicyclic) bond motifs is 1. The number of carbonyl (C=O) groups is 1. The van der Waals surface area contributed by atoms with Crippen LogP contribution >= 0.6 is 11.3 Å². The van der Waals surface area contributed by atoms with Gasteiger partial charge in [0.15, 0.2) is 0 Å². The zero-order valence-electron chi connectivity index (χ0n) is 10.4. The van der Waals surface area contributed by atoms with E-state index < -0.39 is 0 Å². The van der Waals surface area contributed by atoms with Crippen LogP contribution in [0.15, 0.2) is 28.9 Å². The number of aromatic amines is 1. The predicted octanol–water partition coefficient (Wildman–Crippen LogP) is 0.365. The van der Waals surface area contributed by atoms with E-state index in [0.717, 1.165) is 11.2 Å². The molecule has 0 aliphatic heterocycles. The Bertz CT molecular complexity index is 771. The van der Waals surface area contributed by atoms with Crippen LogP contribution in [0.4, 0.5) is 0 Å². The number of amides is 1. The molecule has 1 amide bonds. The second kappa shape index (κ2) is 4.85. The van der Waals surface area contributed by atoms with Gasteiger partial charge in [-0.15, -0.1) is 0 Å². The molecular weight excluding hydrogens is 280 g/mol. The van der Waals surface area contributed by atoms with E-state index in [9.17, 15) is 9.59 Å². The van der Waals surface area contributed by atoms with Crippen molar-refractivity contribution in [2.24, 2.45) is 0 Å². The van der Waals surface area contributed by atoms with E-state index in [4.69, 9.17) is 0 Å². The van der Waals surface area contributed by atoms with Crippen molar-refractivity contribution in [2.45, 2.75) is 13.0 Å². The maximum Gasteiger partial charge on any atom is 0.271 e. The van der Waals surface area contributed by atoms with E-state index >= 15 is 0 Å². The summed E-state index contributed by atoms with van der Waals surface area (Å²) in [6, 6.07) is -0.287. The van der Waals surface area contributed by atoms with Crippen molar-refractivity contribution >= 4 is 22.2 Å². The standard InChI is InChI=1S/C11H10N6O2S/c1-6(8-4-17-11(16-8)20-5-14-17)15-10(19)7-2-13-9(18)3-12-7/h2-6H,1H3,(H,13,18)(H,15,19). The van der Waals surface area contributed by atoms with Crippen LogP contribution in [0, 0.1) is 0 Å². The summed E-state index contributed by atoms with van der Waals surface area (Å²) in [6.07, 6.45) is 4.10. The van der Waals surface area contributed by atoms with Gasteiger partial charge in [0, 0.05) is 6.20 Å². The van der Waals surface area contributed by atoms with Gasteiger partial charge < -0.3 is 10.3 Å². The fourth-order valence-corrected chi connectivity index (χ4v) is 2.28. The van der Waals surface area contributed by atoms with E-state index in [2.05, 4.69) is 25.4 Å². The molecular formula is C11H10N6O2S. The van der Waals surface area contributed by atoms with Crippen molar-refractivity contribution < 1.29 is 4.79 Å². The van der Waals surface area contributed by atoms with E-state index in [-0.39, 0.29) is 23.2 Å². The Hall–Kier alpha value is -2.55. The molecule has 3 rings (SSSR count). The average Bonchev–Trinajstić information content (AvgIpc) is 2.99. The average molecular weight is 290 g/mol. The molecule has 102 valence electrons. The maximum atomic E-state index is 11.9. The van der Waals surface area contributed by atoms with Gasteiger partial charge in [0.25, 0.3) is 11.5 Å². The number of nitrogens with zero attached hydrogens (tertiary/aromatic N) is 4. The minimum atomic E-state index is -0.377. The van der Waals surface area contributed by atoms with Gasteiger partial charge in [-0.25, -0.2) is 14.5 Å². The summed E-state index contributed by atoms with van der Waals surface area (Å²) in [5.74, 6) is -0.377. The highest BCUT2D eigenvalue weighted by Gasteiger charge is 2.15. The van der Waals surface area contributed by atoms with Crippen LogP contribution in [0.25, 0.3) is 4.96 Å². The van der Waals surface area contributed by atoms with Crippen molar-refractivity contribution in [1.82, 2.24) is 29.9 Å². The second-order valence-electron chi connectivity index (χ2n) is 4.12. The third kappa shape index (κ3) is 2.30. The Kier molecular flexibility index (Phi) is 3.03. The van der Waals surface area contributed by atoms with Gasteiger partial charge in [-0.2, -0.15) is 5.10 Å². The first-order chi connectivity index (χ1) is 9.63. The summed E-state index contributed by atoms with van der Waals surface area (Å²) in [5.41, 5.74) is 2.20. The van der Waals surface area contributed by atoms with Gasteiger partial charge in [0.1, 0.15) is 11.2 Å². The highest BCUT2D eigenvalue weighted by Crippen LogP contribution is 2.15. The van der Waals surface area contributed by atoms with Crippen LogP contribution in [0.3, 0.4) is 0 Å². The van der Waals surface area contributed by atoms with Crippen LogP contribution in [-0.4, -0.2) is 30.5 Å². The van der Waals surface area contributed by atoms with Crippen molar-refractivity contribution in [2.75, 3.05) is 0 Å². The number of carbonyl (C=O) groups excluding carboxylic acids is 1. The molecule has 0 radical (unpaired) electrons. The lowest BCUT2D eigenvalue weighted by Gasteiger charge is -2.10. The normalized spacial score (nSPS) is 12.4. The van der Waals surface area contributed by atoms with Gasteiger partial charge in [0.05, 0.1) is 24.1 Å². The zero-order valence-corrected chi connectivity index (χ0v) is 11.2. The molecule has 2 N–H and O–H groups in total. The molecule has 3 heterocycles. The van der Waals surface area contributed by atoms with E-state index in [1.54, 1.807) is 16.2 Å². The van der Waals surface area contributed by atoms with E-state index in [0.29, 0.717) is 5.69 Å². The van der Waals surface area contributed by atoms with Crippen LogP contribution in [0.5, 0.6) is 0 Å². The van der Waals surface area contributed by atoms with Crippen molar-refractivity contribution in [3.8, 4) is 0 Å². The smallest absolute Gasteiger partial charge is 0.271 e. The van der Waals surface area contributed by atoms with Crippen molar-refractivity contribution in [1.29, 1.82) is 0 Å². The lowest BCUT2D eigenvalue weighted by molar-refractivity contribution is 0.0933. The summed E-state index contributed by atoms with van der Waals surface area (Å²) in [4.78, 5) is 34.1. The van der Waals surface area contributed by atoms with Crippen molar-refractivity contribution in [3.05, 3.63) is 45.8 Å². The highest BCUT2D eigenvalue weighted by atomic mass is 32.1. The van der Waals surface area contributed by atoms with Gasteiger partial charge >= 0.3 is 0 Å². The Balaban J connectivity index is 1.76. The Morgan fingerprint density at radius 2 is 2.40 bits per heavy atom. The molecule has 3 aromatic rings. The number of hydrogen-bond acceptors (Lipinski definition) is 6. The SMILES string of the molecule is CC(NC(=O)c1c[nH]c(=O)cn1)c1cn2ncsc2n1. The molecule has 0 spiro atoms. The van der Waals surface area contributed by atoms with Crippen molar-refractivity contribution in [3.63, 3.8) is 0 Å². The molecule has 8 nitrogen and oxygen atoms in total. The zero-order chi connectivity index (χ0) is 14.1. The predicted molar refractivity (Wildman–Crippen MR) is 71.6 cm³/mol. The minimum absolute atomic E-state index is 0.149. The Morgan fingerprint density at radius 3 is 3.10 bits per heavy atom. The van der Waals surface area contributed by atoms with Gasteiger partial charge in [-0.1, -0.05) is 11.3 Å². The van der Waals surface area contributed by atoms with E-state index in [1.165, 1.54) is 17.5 Å². The molecule has 1 atom stereocenters. The molecule has 0 saturated carbocycles. The lowest BCUT2D eigenvalue weighted by atomic mass is 10.2. The first-order valence-corrected chi connectivity index (χ1v) is 6.66. The largest absolute Gasteiger partial charge is 0.342 e. The number of imidazole rings is 1. The fourth-order valence-electron chi connectivity index (χ4n) is 1.68. The first kappa shape index (κ1) is 12.5. The molecule has 3 aromatic heterocycles. The Labute approximate surface area is 116 Å². The molecule has 0 aliphatic carbocycles. The minimum Gasteiger partial charge on any atom is -0.342 e. The fraction of sp³-hybridized carbons (Fsp3) is 0.182. The summed E-state index contributed by atoms with van der Waals surface area (Å²) < 4.78 is 1.65. The summed E-state index contributed by atoms with van der Waals surface area (Å²) in [6.45, 7) is 1.82. The number of hydrogen-bond donors (Lipinski definition) is 2. The number of aromatic nitrogens is 5. The molecule has 1 unspecified atom stereocenters. The molecule has 0 saturated heterocycles. The van der Waals surface area contributed by atoms with Crippen LogP contribution in [-0.2, 0) is 0 Å². The third-order valence-corrected chi connectivity index (χ3v) is 3.39. The molecule has 9 heteroatoms. The summed E-state index contributed by atoms with van der Waals surface area (Å²) in [7, 11) is 0. The Morgan fingerprint density at radius 1 is 1.55 bits per heavy atom. The number of nitrogens with one attached hydrogen (secondary N) is 2. The summed E-state index contributed by atoms with van der Waals surface area (Å²) in [5, 5.41) is 6.84. The topological polar surface area (TPSA) is 105 Å². The van der Waals surface area contributed by atoms with Gasteiger partial charge in [0.2, 0.25) is 4.96 Å². The lowest BCUT2D eigenvalue weighted by Crippen LogP contribution is -2.28. The monoisotopic (exact) mass is 290 g/mol. The van der Waals surface area contributed by atoms with E-state index in [1.807, 2.05) is 6.92 Å². The summed E-state index contributed by atoms with van der Waals surface area (Å²) >= 11 is 1.42. The quantitative estimate of drug-likeness (QED) is 0.725. The number of rotatable bonds is 3. The van der Waals surface area contributed by atoms with Gasteiger partial charge in [-0.3, -0.25) is 9.59 Å². The molecule has 0 bridgehead atoms. The molecule has 0 fully saturated rings. The van der Waals surface area contributed by atoms with Gasteiger partial charge in [-0.05, 0) is 6.92 Å². The van der Waals surface area contributed by atoms with Crippen LogP contribution in [0.2, 0.25) is 0 Å². The van der Waals surface area contributed by atoms with Crippen LogP contribution in [0.1, 0.15) is 29.1 Å². The third-order valence-electron chi connectivity index (χ3n) is 2.70. The molecule has 20 heavy (non-hydrogen) atoms. The second-order valence-corrected chi connectivity index (χ2v) is 4.93.